The first-order chi connectivity index (χ1) is 10.1. The van der Waals surface area contributed by atoms with Crippen molar-refractivity contribution in [2.75, 3.05) is 31.1 Å². The Bertz CT molecular complexity index is 508. The van der Waals surface area contributed by atoms with Gasteiger partial charge in [0.05, 0.1) is 12.1 Å². The van der Waals surface area contributed by atoms with Crippen molar-refractivity contribution in [3.8, 4) is 0 Å². The lowest BCUT2D eigenvalue weighted by atomic mass is 9.81. The number of amides is 1. The Morgan fingerprint density at radius 2 is 1.90 bits per heavy atom. The van der Waals surface area contributed by atoms with Crippen LogP contribution in [0.15, 0.2) is 24.3 Å². The molecule has 2 saturated heterocycles. The van der Waals surface area contributed by atoms with E-state index in [2.05, 4.69) is 31.3 Å². The van der Waals surface area contributed by atoms with Gasteiger partial charge in [-0.15, -0.1) is 0 Å². The molecule has 2 fully saturated rings. The predicted molar refractivity (Wildman–Crippen MR) is 83.5 cm³/mol. The molecule has 0 aromatic heterocycles. The van der Waals surface area contributed by atoms with Crippen molar-refractivity contribution in [3.63, 3.8) is 0 Å². The average Bonchev–Trinajstić information content (AvgIpc) is 2.52. The van der Waals surface area contributed by atoms with Gasteiger partial charge < -0.3 is 15.0 Å². The van der Waals surface area contributed by atoms with Crippen LogP contribution in [0.3, 0.4) is 0 Å². The van der Waals surface area contributed by atoms with E-state index in [0.29, 0.717) is 12.5 Å². The molecule has 0 radical (unpaired) electrons. The molecule has 1 aromatic rings. The van der Waals surface area contributed by atoms with E-state index in [9.17, 15) is 4.79 Å². The van der Waals surface area contributed by atoms with E-state index in [-0.39, 0.29) is 18.1 Å². The maximum atomic E-state index is 12.2. The highest BCUT2D eigenvalue weighted by molar-refractivity contribution is 5.95. The first kappa shape index (κ1) is 14.5. The molecule has 0 saturated carbocycles. The topological polar surface area (TPSA) is 41.6 Å². The molecule has 1 unspecified atom stereocenters. The Morgan fingerprint density at radius 1 is 1.24 bits per heavy atom. The largest absolute Gasteiger partial charge is 0.363 e. The third kappa shape index (κ3) is 2.97. The lowest BCUT2D eigenvalue weighted by Gasteiger charge is -2.46. The second kappa shape index (κ2) is 5.78. The summed E-state index contributed by atoms with van der Waals surface area (Å²) in [6.45, 7) is 7.15. The molecule has 4 nitrogen and oxygen atoms in total. The van der Waals surface area contributed by atoms with Gasteiger partial charge in [0.25, 0.3) is 5.91 Å². The van der Waals surface area contributed by atoms with Crippen LogP contribution in [0.4, 0.5) is 5.69 Å². The summed E-state index contributed by atoms with van der Waals surface area (Å²) in [7, 11) is 0. The molecule has 1 N–H and O–H groups in total. The maximum absolute atomic E-state index is 12.2. The number of aryl methyl sites for hydroxylation is 1. The molecule has 3 rings (SSSR count). The third-order valence-corrected chi connectivity index (χ3v) is 4.85. The van der Waals surface area contributed by atoms with Crippen LogP contribution in [0, 0.1) is 12.8 Å². The average molecular weight is 288 g/mol. The SMILES string of the molecule is Cc1ccc(N2CC(C)(C3CCNCC3)OCC2=O)cc1. The molecule has 1 amide bonds. The van der Waals surface area contributed by atoms with Gasteiger partial charge in [0.2, 0.25) is 0 Å². The summed E-state index contributed by atoms with van der Waals surface area (Å²) >= 11 is 0. The number of carbonyl (C=O) groups excluding carboxylic acids is 1. The van der Waals surface area contributed by atoms with Crippen molar-refractivity contribution < 1.29 is 9.53 Å². The lowest BCUT2D eigenvalue weighted by molar-refractivity contribution is -0.144. The molecular formula is C17H24N2O2. The molecule has 1 aromatic carbocycles. The molecule has 0 bridgehead atoms. The van der Waals surface area contributed by atoms with Crippen molar-refractivity contribution in [1.29, 1.82) is 0 Å². The minimum atomic E-state index is -0.235. The summed E-state index contributed by atoms with van der Waals surface area (Å²) < 4.78 is 5.97. The highest BCUT2D eigenvalue weighted by Gasteiger charge is 2.42. The second-order valence-electron chi connectivity index (χ2n) is 6.44. The third-order valence-electron chi connectivity index (χ3n) is 4.85. The molecule has 2 aliphatic heterocycles. The Labute approximate surface area is 126 Å². The van der Waals surface area contributed by atoms with Gasteiger partial charge in [-0.25, -0.2) is 0 Å². The summed E-state index contributed by atoms with van der Waals surface area (Å²) in [6, 6.07) is 8.17. The monoisotopic (exact) mass is 288 g/mol. The van der Waals surface area contributed by atoms with E-state index < -0.39 is 0 Å². The number of piperidine rings is 1. The second-order valence-corrected chi connectivity index (χ2v) is 6.44. The fourth-order valence-corrected chi connectivity index (χ4v) is 3.39. The van der Waals surface area contributed by atoms with Gasteiger partial charge in [-0.2, -0.15) is 0 Å². The minimum absolute atomic E-state index is 0.0604. The van der Waals surface area contributed by atoms with E-state index in [1.807, 2.05) is 17.0 Å². The minimum Gasteiger partial charge on any atom is -0.363 e. The standard InChI is InChI=1S/C17H24N2O2/c1-13-3-5-15(6-4-13)19-12-17(2,21-11-16(19)20)14-7-9-18-10-8-14/h3-6,14,18H,7-12H2,1-2H3. The first-order valence-electron chi connectivity index (χ1n) is 7.80. The number of nitrogens with zero attached hydrogens (tertiary/aromatic N) is 1. The first-order valence-corrected chi connectivity index (χ1v) is 7.80. The lowest BCUT2D eigenvalue weighted by Crippen LogP contribution is -2.58. The van der Waals surface area contributed by atoms with Crippen LogP contribution in [-0.2, 0) is 9.53 Å². The zero-order valence-electron chi connectivity index (χ0n) is 12.9. The smallest absolute Gasteiger partial charge is 0.253 e. The van der Waals surface area contributed by atoms with E-state index in [1.165, 1.54) is 5.56 Å². The van der Waals surface area contributed by atoms with Crippen LogP contribution >= 0.6 is 0 Å². The summed E-state index contributed by atoms with van der Waals surface area (Å²) in [5, 5.41) is 3.39. The molecule has 21 heavy (non-hydrogen) atoms. The van der Waals surface area contributed by atoms with Crippen molar-refractivity contribution in [2.24, 2.45) is 5.92 Å². The van der Waals surface area contributed by atoms with Crippen LogP contribution in [0.5, 0.6) is 0 Å². The maximum Gasteiger partial charge on any atom is 0.253 e. The Balaban J connectivity index is 1.80. The van der Waals surface area contributed by atoms with Gasteiger partial charge in [-0.3, -0.25) is 4.79 Å². The molecular weight excluding hydrogens is 264 g/mol. The quantitative estimate of drug-likeness (QED) is 0.906. The molecule has 4 heteroatoms. The van der Waals surface area contributed by atoms with Crippen molar-refractivity contribution in [3.05, 3.63) is 29.8 Å². The number of morpholine rings is 1. The van der Waals surface area contributed by atoms with Gasteiger partial charge in [-0.05, 0) is 57.8 Å². The Morgan fingerprint density at radius 3 is 2.57 bits per heavy atom. The number of hydrogen-bond donors (Lipinski definition) is 1. The normalized spacial score (nSPS) is 27.9. The molecule has 2 aliphatic rings. The fraction of sp³-hybridized carbons (Fsp3) is 0.588. The van der Waals surface area contributed by atoms with E-state index in [1.54, 1.807) is 0 Å². The zero-order chi connectivity index (χ0) is 14.9. The van der Waals surface area contributed by atoms with Crippen LogP contribution in [-0.4, -0.2) is 37.7 Å². The number of anilines is 1. The van der Waals surface area contributed by atoms with Gasteiger partial charge >= 0.3 is 0 Å². The number of benzene rings is 1. The number of ether oxygens (including phenoxy) is 1. The van der Waals surface area contributed by atoms with Crippen LogP contribution in [0.25, 0.3) is 0 Å². The Kier molecular flexibility index (Phi) is 4.00. The van der Waals surface area contributed by atoms with Gasteiger partial charge in [0.15, 0.2) is 0 Å². The van der Waals surface area contributed by atoms with E-state index in [4.69, 9.17) is 4.74 Å². The number of rotatable bonds is 2. The summed E-state index contributed by atoms with van der Waals surface area (Å²) in [5.74, 6) is 0.574. The zero-order valence-corrected chi connectivity index (χ0v) is 12.9. The number of nitrogens with one attached hydrogen (secondary N) is 1. The van der Waals surface area contributed by atoms with Gasteiger partial charge in [0, 0.05) is 5.69 Å². The molecule has 114 valence electrons. The van der Waals surface area contributed by atoms with E-state index in [0.717, 1.165) is 31.6 Å². The van der Waals surface area contributed by atoms with Gasteiger partial charge in [-0.1, -0.05) is 17.7 Å². The van der Waals surface area contributed by atoms with Crippen LogP contribution in [0.1, 0.15) is 25.3 Å². The molecule has 0 aliphatic carbocycles. The van der Waals surface area contributed by atoms with Crippen molar-refractivity contribution in [2.45, 2.75) is 32.3 Å². The molecule has 1 atom stereocenters. The van der Waals surface area contributed by atoms with Gasteiger partial charge in [0.1, 0.15) is 6.61 Å². The van der Waals surface area contributed by atoms with E-state index >= 15 is 0 Å². The van der Waals surface area contributed by atoms with Crippen molar-refractivity contribution >= 4 is 11.6 Å². The summed E-state index contributed by atoms with van der Waals surface area (Å²) in [4.78, 5) is 14.1. The summed E-state index contributed by atoms with van der Waals surface area (Å²) in [6.07, 6.45) is 2.23. The predicted octanol–water partition coefficient (Wildman–Crippen LogP) is 2.12. The highest BCUT2D eigenvalue weighted by atomic mass is 16.5. The molecule has 0 spiro atoms. The van der Waals surface area contributed by atoms with Crippen LogP contribution < -0.4 is 10.2 Å². The number of carbonyl (C=O) groups is 1. The fourth-order valence-electron chi connectivity index (χ4n) is 3.39. The summed E-state index contributed by atoms with van der Waals surface area (Å²) in [5.41, 5.74) is 1.95. The van der Waals surface area contributed by atoms with Crippen molar-refractivity contribution in [1.82, 2.24) is 5.32 Å². The molecule has 2 heterocycles. The highest BCUT2D eigenvalue weighted by Crippen LogP contribution is 2.34. The van der Waals surface area contributed by atoms with Crippen LogP contribution in [0.2, 0.25) is 0 Å². The number of hydrogen-bond acceptors (Lipinski definition) is 3. The Hall–Kier alpha value is -1.39.